The van der Waals surface area contributed by atoms with Gasteiger partial charge in [0.25, 0.3) is 0 Å². The van der Waals surface area contributed by atoms with E-state index in [1.165, 1.54) is 19.3 Å². The molecule has 1 heterocycles. The highest BCUT2D eigenvalue weighted by atomic mass is 16.7. The van der Waals surface area contributed by atoms with E-state index in [9.17, 15) is 0 Å². The largest absolute Gasteiger partial charge is 0.379 e. The molecule has 4 nitrogen and oxygen atoms in total. The Hall–Kier alpha value is -0.160. The third-order valence-electron chi connectivity index (χ3n) is 4.02. The zero-order valence-corrected chi connectivity index (χ0v) is 12.5. The summed E-state index contributed by atoms with van der Waals surface area (Å²) in [6.45, 7) is 7.70. The number of hydrogen-bond donors (Lipinski definition) is 1. The predicted octanol–water partition coefficient (Wildman–Crippen LogP) is 2.47. The highest BCUT2D eigenvalue weighted by molar-refractivity contribution is 4.85. The molecule has 1 aliphatic carbocycles. The lowest BCUT2D eigenvalue weighted by molar-refractivity contribution is -0.179. The molecular formula is C15H29NO3. The molecule has 0 radical (unpaired) electrons. The lowest BCUT2D eigenvalue weighted by atomic mass is 9.90. The molecule has 0 aromatic heterocycles. The molecule has 4 heteroatoms. The molecule has 0 amide bonds. The fourth-order valence-corrected chi connectivity index (χ4v) is 2.90. The molecule has 2 rings (SSSR count). The van der Waals surface area contributed by atoms with Crippen LogP contribution in [0.25, 0.3) is 0 Å². The molecular weight excluding hydrogens is 242 g/mol. The van der Waals surface area contributed by atoms with Crippen molar-refractivity contribution in [3.05, 3.63) is 0 Å². The number of rotatable bonds is 7. The molecule has 1 N–H and O–H groups in total. The molecule has 1 saturated heterocycles. The quantitative estimate of drug-likeness (QED) is 0.722. The van der Waals surface area contributed by atoms with Gasteiger partial charge in [-0.3, -0.25) is 0 Å². The van der Waals surface area contributed by atoms with Crippen molar-refractivity contribution >= 4 is 0 Å². The molecule has 19 heavy (non-hydrogen) atoms. The first-order chi connectivity index (χ1) is 9.20. The van der Waals surface area contributed by atoms with E-state index < -0.39 is 0 Å². The highest BCUT2D eigenvalue weighted by Gasteiger charge is 2.39. The molecule has 0 aromatic carbocycles. The van der Waals surface area contributed by atoms with Crippen LogP contribution in [0.1, 0.15) is 52.4 Å². The second kappa shape index (κ2) is 7.58. The summed E-state index contributed by atoms with van der Waals surface area (Å²) in [5, 5.41) is 3.65. The third kappa shape index (κ3) is 5.03. The van der Waals surface area contributed by atoms with Gasteiger partial charge in [0.15, 0.2) is 5.79 Å². The fraction of sp³-hybridized carbons (Fsp3) is 1.00. The van der Waals surface area contributed by atoms with Crippen molar-refractivity contribution in [3.8, 4) is 0 Å². The fourth-order valence-electron chi connectivity index (χ4n) is 2.90. The van der Waals surface area contributed by atoms with Gasteiger partial charge in [0.1, 0.15) is 0 Å². The first-order valence-electron chi connectivity index (χ1n) is 7.83. The Morgan fingerprint density at radius 3 is 2.47 bits per heavy atom. The molecule has 1 saturated carbocycles. The monoisotopic (exact) mass is 271 g/mol. The van der Waals surface area contributed by atoms with E-state index in [1.54, 1.807) is 0 Å². The van der Waals surface area contributed by atoms with Crippen molar-refractivity contribution in [2.45, 2.75) is 70.3 Å². The van der Waals surface area contributed by atoms with Crippen LogP contribution in [0.4, 0.5) is 0 Å². The average Bonchev–Trinajstić information content (AvgIpc) is 2.84. The smallest absolute Gasteiger partial charge is 0.168 e. The van der Waals surface area contributed by atoms with Gasteiger partial charge in [0.2, 0.25) is 0 Å². The number of unbranched alkanes of at least 4 members (excludes halogenated alkanes) is 1. The molecule has 2 aliphatic rings. The van der Waals surface area contributed by atoms with Crippen LogP contribution in [0, 0.1) is 0 Å². The Labute approximate surface area is 117 Å². The summed E-state index contributed by atoms with van der Waals surface area (Å²) in [4.78, 5) is 0. The normalized spacial score (nSPS) is 23.5. The van der Waals surface area contributed by atoms with Crippen molar-refractivity contribution in [2.24, 2.45) is 0 Å². The van der Waals surface area contributed by atoms with Gasteiger partial charge in [-0.05, 0) is 46.1 Å². The average molecular weight is 271 g/mol. The highest BCUT2D eigenvalue weighted by Crippen LogP contribution is 2.35. The molecule has 1 aliphatic heterocycles. The summed E-state index contributed by atoms with van der Waals surface area (Å²) in [5.41, 5.74) is 0. The first-order valence-corrected chi connectivity index (χ1v) is 7.83. The minimum Gasteiger partial charge on any atom is -0.379 e. The van der Waals surface area contributed by atoms with E-state index in [4.69, 9.17) is 14.2 Å². The SMILES string of the molecule is CC(C)OCCCCNC1CCC2(CC1)OCCO2. The van der Waals surface area contributed by atoms with Crippen LogP contribution in [0.15, 0.2) is 0 Å². The van der Waals surface area contributed by atoms with E-state index in [0.29, 0.717) is 12.1 Å². The summed E-state index contributed by atoms with van der Waals surface area (Å²) in [5.74, 6) is -0.219. The van der Waals surface area contributed by atoms with Gasteiger partial charge in [-0.2, -0.15) is 0 Å². The van der Waals surface area contributed by atoms with Crippen LogP contribution in [-0.2, 0) is 14.2 Å². The summed E-state index contributed by atoms with van der Waals surface area (Å²) >= 11 is 0. The van der Waals surface area contributed by atoms with E-state index >= 15 is 0 Å². The van der Waals surface area contributed by atoms with E-state index in [0.717, 1.165) is 45.6 Å². The Morgan fingerprint density at radius 1 is 1.16 bits per heavy atom. The predicted molar refractivity (Wildman–Crippen MR) is 75.2 cm³/mol. The lowest BCUT2D eigenvalue weighted by Gasteiger charge is -2.35. The molecule has 112 valence electrons. The molecule has 0 atom stereocenters. The maximum Gasteiger partial charge on any atom is 0.168 e. The van der Waals surface area contributed by atoms with Crippen LogP contribution in [0.5, 0.6) is 0 Å². The van der Waals surface area contributed by atoms with Crippen molar-refractivity contribution in [1.29, 1.82) is 0 Å². The van der Waals surface area contributed by atoms with Crippen molar-refractivity contribution in [2.75, 3.05) is 26.4 Å². The number of ether oxygens (including phenoxy) is 3. The first kappa shape index (κ1) is 15.2. The maximum atomic E-state index is 5.74. The summed E-state index contributed by atoms with van der Waals surface area (Å²) in [6.07, 6.45) is 7.12. The van der Waals surface area contributed by atoms with Crippen LogP contribution < -0.4 is 5.32 Å². The van der Waals surface area contributed by atoms with Crippen LogP contribution >= 0.6 is 0 Å². The van der Waals surface area contributed by atoms with E-state index in [2.05, 4.69) is 19.2 Å². The second-order valence-electron chi connectivity index (χ2n) is 5.96. The van der Waals surface area contributed by atoms with Crippen molar-refractivity contribution in [3.63, 3.8) is 0 Å². The molecule has 2 fully saturated rings. The molecule has 0 bridgehead atoms. The number of nitrogens with one attached hydrogen (secondary N) is 1. The Balaban J connectivity index is 1.49. The van der Waals surface area contributed by atoms with Crippen LogP contribution in [-0.4, -0.2) is 44.3 Å². The molecule has 1 spiro atoms. The topological polar surface area (TPSA) is 39.7 Å². The zero-order chi connectivity index (χ0) is 13.6. The Kier molecular flexibility index (Phi) is 6.07. The summed E-state index contributed by atoms with van der Waals surface area (Å²) in [6, 6.07) is 0.643. The Bertz CT molecular complexity index is 242. The van der Waals surface area contributed by atoms with Gasteiger partial charge < -0.3 is 19.5 Å². The molecule has 0 unspecified atom stereocenters. The van der Waals surface area contributed by atoms with Gasteiger partial charge >= 0.3 is 0 Å². The van der Waals surface area contributed by atoms with Gasteiger partial charge in [0.05, 0.1) is 19.3 Å². The zero-order valence-electron chi connectivity index (χ0n) is 12.5. The maximum absolute atomic E-state index is 5.74. The standard InChI is InChI=1S/C15H29NO3/c1-13(2)17-10-4-3-9-16-14-5-7-15(8-6-14)18-11-12-19-15/h13-14,16H,3-12H2,1-2H3. The van der Waals surface area contributed by atoms with Crippen LogP contribution in [0.2, 0.25) is 0 Å². The van der Waals surface area contributed by atoms with Gasteiger partial charge in [-0.15, -0.1) is 0 Å². The molecule has 0 aromatic rings. The second-order valence-corrected chi connectivity index (χ2v) is 5.96. The summed E-state index contributed by atoms with van der Waals surface area (Å²) < 4.78 is 17.0. The van der Waals surface area contributed by atoms with E-state index in [1.807, 2.05) is 0 Å². The van der Waals surface area contributed by atoms with Gasteiger partial charge in [0, 0.05) is 25.5 Å². The van der Waals surface area contributed by atoms with Crippen molar-refractivity contribution in [1.82, 2.24) is 5.32 Å². The number of hydrogen-bond acceptors (Lipinski definition) is 4. The van der Waals surface area contributed by atoms with Gasteiger partial charge in [-0.1, -0.05) is 0 Å². The minimum atomic E-state index is -0.219. The van der Waals surface area contributed by atoms with Crippen LogP contribution in [0.3, 0.4) is 0 Å². The minimum absolute atomic E-state index is 0.219. The summed E-state index contributed by atoms with van der Waals surface area (Å²) in [7, 11) is 0. The van der Waals surface area contributed by atoms with Gasteiger partial charge in [-0.25, -0.2) is 0 Å². The van der Waals surface area contributed by atoms with E-state index in [-0.39, 0.29) is 5.79 Å². The van der Waals surface area contributed by atoms with Crippen molar-refractivity contribution < 1.29 is 14.2 Å². The Morgan fingerprint density at radius 2 is 1.84 bits per heavy atom. The third-order valence-corrected chi connectivity index (χ3v) is 4.02. The lowest BCUT2D eigenvalue weighted by Crippen LogP contribution is -2.42.